The van der Waals surface area contributed by atoms with Gasteiger partial charge in [0, 0.05) is 29.9 Å². The number of hydrogen-bond donors (Lipinski definition) is 1. The SMILES string of the molecule is CCN(CC)CCN1C(=O)c2ccccc2C1c1cc(C#N)ccc1N.Cl. The van der Waals surface area contributed by atoms with Crippen LogP contribution in [0.1, 0.15) is 46.9 Å². The third-order valence-electron chi connectivity index (χ3n) is 5.12. The molecule has 0 saturated heterocycles. The summed E-state index contributed by atoms with van der Waals surface area (Å²) in [7, 11) is 0. The highest BCUT2D eigenvalue weighted by molar-refractivity contribution is 6.00. The molecule has 27 heavy (non-hydrogen) atoms. The maximum atomic E-state index is 13.0. The second-order valence-corrected chi connectivity index (χ2v) is 6.47. The molecule has 1 aliphatic heterocycles. The van der Waals surface area contributed by atoms with Crippen molar-refractivity contribution in [1.29, 1.82) is 5.26 Å². The molecule has 1 atom stereocenters. The Balaban J connectivity index is 0.00000261. The van der Waals surface area contributed by atoms with Crippen LogP contribution in [0.2, 0.25) is 0 Å². The summed E-state index contributed by atoms with van der Waals surface area (Å²) in [5.41, 5.74) is 9.89. The van der Waals surface area contributed by atoms with Crippen molar-refractivity contribution in [3.05, 3.63) is 64.7 Å². The Labute approximate surface area is 166 Å². The minimum absolute atomic E-state index is 0. The summed E-state index contributed by atoms with van der Waals surface area (Å²) < 4.78 is 0. The van der Waals surface area contributed by atoms with Gasteiger partial charge in [-0.2, -0.15) is 5.26 Å². The van der Waals surface area contributed by atoms with Crippen molar-refractivity contribution in [3.8, 4) is 6.07 Å². The van der Waals surface area contributed by atoms with Gasteiger partial charge in [0.2, 0.25) is 0 Å². The predicted octanol–water partition coefficient (Wildman–Crippen LogP) is 3.45. The van der Waals surface area contributed by atoms with E-state index in [-0.39, 0.29) is 24.4 Å². The molecule has 0 aromatic heterocycles. The van der Waals surface area contributed by atoms with Crippen molar-refractivity contribution >= 4 is 24.0 Å². The molecule has 2 aromatic carbocycles. The molecular weight excluding hydrogens is 360 g/mol. The quantitative estimate of drug-likeness (QED) is 0.774. The van der Waals surface area contributed by atoms with Crippen LogP contribution in [-0.4, -0.2) is 41.9 Å². The minimum atomic E-state index is -0.248. The van der Waals surface area contributed by atoms with Crippen LogP contribution in [0.15, 0.2) is 42.5 Å². The van der Waals surface area contributed by atoms with Crippen molar-refractivity contribution in [2.45, 2.75) is 19.9 Å². The van der Waals surface area contributed by atoms with E-state index in [1.807, 2.05) is 29.2 Å². The van der Waals surface area contributed by atoms with E-state index < -0.39 is 0 Å². The Hall–Kier alpha value is -2.55. The van der Waals surface area contributed by atoms with Crippen LogP contribution >= 0.6 is 12.4 Å². The Kier molecular flexibility index (Phi) is 6.84. The van der Waals surface area contributed by atoms with E-state index in [0.29, 0.717) is 17.8 Å². The molecule has 5 nitrogen and oxygen atoms in total. The lowest BCUT2D eigenvalue weighted by Gasteiger charge is -2.29. The Morgan fingerprint density at radius 2 is 1.85 bits per heavy atom. The second-order valence-electron chi connectivity index (χ2n) is 6.47. The topological polar surface area (TPSA) is 73.4 Å². The fraction of sp³-hybridized carbons (Fsp3) is 0.333. The van der Waals surface area contributed by atoms with Gasteiger partial charge in [-0.25, -0.2) is 0 Å². The average molecular weight is 385 g/mol. The highest BCUT2D eigenvalue weighted by Gasteiger charge is 2.38. The molecule has 0 spiro atoms. The van der Waals surface area contributed by atoms with Gasteiger partial charge in [0.25, 0.3) is 5.91 Å². The molecule has 0 saturated carbocycles. The van der Waals surface area contributed by atoms with Gasteiger partial charge in [0.15, 0.2) is 0 Å². The van der Waals surface area contributed by atoms with E-state index >= 15 is 0 Å². The molecule has 1 amide bonds. The Bertz CT molecular complexity index is 858. The first-order chi connectivity index (χ1) is 12.6. The fourth-order valence-electron chi connectivity index (χ4n) is 3.61. The van der Waals surface area contributed by atoms with Crippen LogP contribution in [0.5, 0.6) is 0 Å². The number of likely N-dealkylation sites (N-methyl/N-ethyl adjacent to an activating group) is 1. The van der Waals surface area contributed by atoms with Crippen molar-refractivity contribution in [3.63, 3.8) is 0 Å². The van der Waals surface area contributed by atoms with Gasteiger partial charge in [-0.15, -0.1) is 12.4 Å². The number of nitriles is 1. The molecule has 0 bridgehead atoms. The molecule has 1 heterocycles. The smallest absolute Gasteiger partial charge is 0.255 e. The Morgan fingerprint density at radius 3 is 2.52 bits per heavy atom. The van der Waals surface area contributed by atoms with Crippen molar-refractivity contribution in [1.82, 2.24) is 9.80 Å². The Morgan fingerprint density at radius 1 is 1.15 bits per heavy atom. The summed E-state index contributed by atoms with van der Waals surface area (Å²) in [5, 5.41) is 9.27. The number of nitrogens with zero attached hydrogens (tertiary/aromatic N) is 3. The van der Waals surface area contributed by atoms with Gasteiger partial charge in [-0.1, -0.05) is 32.0 Å². The number of carbonyl (C=O) groups is 1. The van der Waals surface area contributed by atoms with Gasteiger partial charge < -0.3 is 15.5 Å². The summed E-state index contributed by atoms with van der Waals surface area (Å²) >= 11 is 0. The lowest BCUT2D eigenvalue weighted by molar-refractivity contribution is 0.0730. The molecular formula is C21H25ClN4O. The second kappa shape index (κ2) is 8.90. The lowest BCUT2D eigenvalue weighted by atomic mass is 9.95. The maximum Gasteiger partial charge on any atom is 0.255 e. The number of anilines is 1. The summed E-state index contributed by atoms with van der Waals surface area (Å²) in [5.74, 6) is 0.0273. The first kappa shape index (κ1) is 20.8. The van der Waals surface area contributed by atoms with Crippen LogP contribution in [0, 0.1) is 11.3 Å². The molecule has 1 aliphatic rings. The summed E-state index contributed by atoms with van der Waals surface area (Å²) in [4.78, 5) is 17.2. The van der Waals surface area contributed by atoms with Crippen LogP contribution in [0.4, 0.5) is 5.69 Å². The number of hydrogen-bond acceptors (Lipinski definition) is 4. The zero-order valence-electron chi connectivity index (χ0n) is 15.7. The van der Waals surface area contributed by atoms with Crippen molar-refractivity contribution in [2.24, 2.45) is 0 Å². The predicted molar refractivity (Wildman–Crippen MR) is 110 cm³/mol. The first-order valence-electron chi connectivity index (χ1n) is 9.02. The number of fused-ring (bicyclic) bond motifs is 1. The molecule has 142 valence electrons. The highest BCUT2D eigenvalue weighted by Crippen LogP contribution is 2.40. The van der Waals surface area contributed by atoms with Crippen LogP contribution in [0.25, 0.3) is 0 Å². The van der Waals surface area contributed by atoms with Crippen molar-refractivity contribution < 1.29 is 4.79 Å². The molecule has 6 heteroatoms. The van der Waals surface area contributed by atoms with E-state index in [2.05, 4.69) is 24.8 Å². The number of benzene rings is 2. The highest BCUT2D eigenvalue weighted by atomic mass is 35.5. The minimum Gasteiger partial charge on any atom is -0.398 e. The van der Waals surface area contributed by atoms with Gasteiger partial charge in [0.1, 0.15) is 0 Å². The van der Waals surface area contributed by atoms with Gasteiger partial charge >= 0.3 is 0 Å². The normalized spacial score (nSPS) is 15.4. The van der Waals surface area contributed by atoms with E-state index in [1.165, 1.54) is 0 Å². The molecule has 0 fully saturated rings. The number of nitrogen functional groups attached to an aromatic ring is 1. The number of rotatable bonds is 6. The summed E-state index contributed by atoms with van der Waals surface area (Å²) in [6.45, 7) is 7.56. The van der Waals surface area contributed by atoms with Crippen LogP contribution in [-0.2, 0) is 0 Å². The fourth-order valence-corrected chi connectivity index (χ4v) is 3.61. The summed E-state index contributed by atoms with van der Waals surface area (Å²) in [6.07, 6.45) is 0. The largest absolute Gasteiger partial charge is 0.398 e. The van der Waals surface area contributed by atoms with Crippen LogP contribution < -0.4 is 5.73 Å². The zero-order chi connectivity index (χ0) is 18.7. The van der Waals surface area contributed by atoms with Gasteiger partial charge in [-0.05, 0) is 42.9 Å². The lowest BCUT2D eigenvalue weighted by Crippen LogP contribution is -2.37. The van der Waals surface area contributed by atoms with E-state index in [9.17, 15) is 10.1 Å². The average Bonchev–Trinajstić information content (AvgIpc) is 2.95. The zero-order valence-corrected chi connectivity index (χ0v) is 16.5. The van der Waals surface area contributed by atoms with Gasteiger partial charge in [0.05, 0.1) is 17.7 Å². The molecule has 3 rings (SSSR count). The third kappa shape index (κ3) is 3.92. The maximum absolute atomic E-state index is 13.0. The first-order valence-corrected chi connectivity index (χ1v) is 9.02. The third-order valence-corrected chi connectivity index (χ3v) is 5.12. The number of halogens is 1. The standard InChI is InChI=1S/C21H24N4O.ClH/c1-3-24(4-2)11-12-25-20(16-7-5-6-8-17(16)21(25)26)18-13-15(14-22)9-10-19(18)23;/h5-10,13,20H,3-4,11-12,23H2,1-2H3;1H. The number of carbonyl (C=O) groups excluding carboxylic acids is 1. The molecule has 0 radical (unpaired) electrons. The summed E-state index contributed by atoms with van der Waals surface area (Å²) in [6, 6.07) is 14.9. The van der Waals surface area contributed by atoms with E-state index in [1.54, 1.807) is 18.2 Å². The molecule has 0 aliphatic carbocycles. The number of nitrogens with two attached hydrogens (primary N) is 1. The molecule has 2 N–H and O–H groups in total. The molecule has 2 aromatic rings. The number of amides is 1. The monoisotopic (exact) mass is 384 g/mol. The van der Waals surface area contributed by atoms with Gasteiger partial charge in [-0.3, -0.25) is 4.79 Å². The van der Waals surface area contributed by atoms with E-state index in [0.717, 1.165) is 36.3 Å². The van der Waals surface area contributed by atoms with Crippen LogP contribution in [0.3, 0.4) is 0 Å². The van der Waals surface area contributed by atoms with E-state index in [4.69, 9.17) is 5.73 Å². The molecule has 1 unspecified atom stereocenters. The van der Waals surface area contributed by atoms with Crippen molar-refractivity contribution in [2.75, 3.05) is 31.9 Å².